The van der Waals surface area contributed by atoms with Gasteiger partial charge in [0.1, 0.15) is 22.3 Å². The Bertz CT molecular complexity index is 455. The second-order valence-electron chi connectivity index (χ2n) is 4.79. The SMILES string of the molecule is CC(C)c1nc(Cl)cc(NC2(C(F)(F)F)CC2)n1. The van der Waals surface area contributed by atoms with Crippen LogP contribution in [0.15, 0.2) is 6.07 Å². The van der Waals surface area contributed by atoms with Crippen molar-refractivity contribution < 1.29 is 13.2 Å². The van der Waals surface area contributed by atoms with E-state index in [1.54, 1.807) is 0 Å². The van der Waals surface area contributed by atoms with E-state index in [1.165, 1.54) is 6.07 Å². The van der Waals surface area contributed by atoms with E-state index in [0.29, 0.717) is 5.82 Å². The van der Waals surface area contributed by atoms with Crippen LogP contribution in [0.3, 0.4) is 0 Å². The van der Waals surface area contributed by atoms with E-state index in [2.05, 4.69) is 15.3 Å². The van der Waals surface area contributed by atoms with Gasteiger partial charge >= 0.3 is 6.18 Å². The van der Waals surface area contributed by atoms with Gasteiger partial charge in [-0.3, -0.25) is 0 Å². The first-order chi connectivity index (χ1) is 8.23. The Kier molecular flexibility index (Phi) is 3.17. The predicted octanol–water partition coefficient (Wildman–Crippen LogP) is 3.76. The maximum atomic E-state index is 12.8. The summed E-state index contributed by atoms with van der Waals surface area (Å²) in [6, 6.07) is 1.32. The fraction of sp³-hybridized carbons (Fsp3) is 0.636. The van der Waals surface area contributed by atoms with Crippen molar-refractivity contribution in [1.29, 1.82) is 0 Å². The van der Waals surface area contributed by atoms with Crippen molar-refractivity contribution in [1.82, 2.24) is 9.97 Å². The molecule has 0 aromatic carbocycles. The molecule has 1 aliphatic rings. The molecule has 0 radical (unpaired) electrons. The van der Waals surface area contributed by atoms with Gasteiger partial charge in [0, 0.05) is 12.0 Å². The first-order valence-corrected chi connectivity index (χ1v) is 6.01. The third-order valence-corrected chi connectivity index (χ3v) is 3.08. The Hall–Kier alpha value is -1.04. The summed E-state index contributed by atoms with van der Waals surface area (Å²) in [5.74, 6) is 0.571. The summed E-state index contributed by atoms with van der Waals surface area (Å²) in [6.45, 7) is 3.71. The van der Waals surface area contributed by atoms with Gasteiger partial charge in [0.2, 0.25) is 0 Å². The predicted molar refractivity (Wildman–Crippen MR) is 62.8 cm³/mol. The van der Waals surface area contributed by atoms with E-state index in [1.807, 2.05) is 13.8 Å². The highest BCUT2D eigenvalue weighted by molar-refractivity contribution is 6.29. The van der Waals surface area contributed by atoms with Crippen LogP contribution in [-0.4, -0.2) is 21.7 Å². The average Bonchev–Trinajstić information content (AvgIpc) is 2.96. The second-order valence-corrected chi connectivity index (χ2v) is 5.18. The van der Waals surface area contributed by atoms with E-state index in [-0.39, 0.29) is 29.7 Å². The van der Waals surface area contributed by atoms with Crippen LogP contribution in [0.25, 0.3) is 0 Å². The Morgan fingerprint density at radius 1 is 1.33 bits per heavy atom. The van der Waals surface area contributed by atoms with Crippen LogP contribution in [0.1, 0.15) is 38.4 Å². The minimum absolute atomic E-state index is 0.00490. The van der Waals surface area contributed by atoms with Crippen LogP contribution < -0.4 is 5.32 Å². The summed E-state index contributed by atoms with van der Waals surface area (Å²) in [5, 5.41) is 2.59. The minimum atomic E-state index is -4.28. The summed E-state index contributed by atoms with van der Waals surface area (Å²) < 4.78 is 38.4. The fourth-order valence-electron chi connectivity index (χ4n) is 1.61. The zero-order chi connectivity index (χ0) is 13.6. The third-order valence-electron chi connectivity index (χ3n) is 2.89. The number of hydrogen-bond donors (Lipinski definition) is 1. The molecule has 0 amide bonds. The monoisotopic (exact) mass is 279 g/mol. The van der Waals surface area contributed by atoms with Gasteiger partial charge in [-0.2, -0.15) is 13.2 Å². The van der Waals surface area contributed by atoms with Crippen molar-refractivity contribution >= 4 is 17.4 Å². The van der Waals surface area contributed by atoms with E-state index >= 15 is 0 Å². The molecule has 100 valence electrons. The van der Waals surface area contributed by atoms with E-state index < -0.39 is 11.7 Å². The molecule has 0 saturated heterocycles. The van der Waals surface area contributed by atoms with E-state index in [0.717, 1.165) is 0 Å². The van der Waals surface area contributed by atoms with Gasteiger partial charge in [-0.05, 0) is 12.8 Å². The van der Waals surface area contributed by atoms with Crippen LogP contribution in [0.4, 0.5) is 19.0 Å². The van der Waals surface area contributed by atoms with Crippen molar-refractivity contribution in [2.75, 3.05) is 5.32 Å². The quantitative estimate of drug-likeness (QED) is 0.856. The third kappa shape index (κ3) is 2.53. The zero-order valence-electron chi connectivity index (χ0n) is 9.98. The lowest BCUT2D eigenvalue weighted by atomic mass is 10.2. The Morgan fingerprint density at radius 3 is 2.39 bits per heavy atom. The highest BCUT2D eigenvalue weighted by Gasteiger charge is 2.63. The molecule has 0 atom stereocenters. The molecule has 1 aromatic heterocycles. The van der Waals surface area contributed by atoms with Gasteiger partial charge in [-0.1, -0.05) is 25.4 Å². The fourth-order valence-corrected chi connectivity index (χ4v) is 1.80. The number of nitrogens with zero attached hydrogens (tertiary/aromatic N) is 2. The van der Waals surface area contributed by atoms with Crippen LogP contribution in [0.2, 0.25) is 5.15 Å². The molecule has 0 aliphatic heterocycles. The number of halogens is 4. The number of rotatable bonds is 3. The summed E-state index contributed by atoms with van der Waals surface area (Å²) >= 11 is 5.79. The molecular weight excluding hydrogens is 267 g/mol. The molecule has 7 heteroatoms. The average molecular weight is 280 g/mol. The van der Waals surface area contributed by atoms with Gasteiger partial charge in [0.05, 0.1) is 0 Å². The molecule has 18 heavy (non-hydrogen) atoms. The number of aromatic nitrogens is 2. The normalized spacial score (nSPS) is 17.9. The van der Waals surface area contributed by atoms with Gasteiger partial charge < -0.3 is 5.32 Å². The molecule has 1 aliphatic carbocycles. The van der Waals surface area contributed by atoms with Crippen LogP contribution in [0, 0.1) is 0 Å². The molecule has 2 rings (SSSR count). The first-order valence-electron chi connectivity index (χ1n) is 5.63. The summed E-state index contributed by atoms with van der Waals surface area (Å²) in [4.78, 5) is 8.04. The topological polar surface area (TPSA) is 37.8 Å². The van der Waals surface area contributed by atoms with Crippen molar-refractivity contribution in [3.63, 3.8) is 0 Å². The Labute approximate surface area is 108 Å². The lowest BCUT2D eigenvalue weighted by molar-refractivity contribution is -0.151. The molecule has 1 aromatic rings. The molecule has 3 nitrogen and oxygen atoms in total. The second kappa shape index (κ2) is 4.26. The lowest BCUT2D eigenvalue weighted by Gasteiger charge is -2.21. The van der Waals surface area contributed by atoms with Gasteiger partial charge in [0.15, 0.2) is 0 Å². The Morgan fingerprint density at radius 2 is 1.94 bits per heavy atom. The van der Waals surface area contributed by atoms with Crippen molar-refractivity contribution in [2.24, 2.45) is 0 Å². The maximum Gasteiger partial charge on any atom is 0.411 e. The zero-order valence-corrected chi connectivity index (χ0v) is 10.7. The number of alkyl halides is 3. The van der Waals surface area contributed by atoms with E-state index in [9.17, 15) is 13.2 Å². The molecular formula is C11H13ClF3N3. The Balaban J connectivity index is 2.25. The van der Waals surface area contributed by atoms with Crippen LogP contribution >= 0.6 is 11.6 Å². The molecule has 1 heterocycles. The smallest absolute Gasteiger partial charge is 0.356 e. The summed E-state index contributed by atoms with van der Waals surface area (Å²) in [7, 11) is 0. The summed E-state index contributed by atoms with van der Waals surface area (Å²) in [6.07, 6.45) is -4.15. The van der Waals surface area contributed by atoms with Gasteiger partial charge in [-0.15, -0.1) is 0 Å². The van der Waals surface area contributed by atoms with Gasteiger partial charge in [-0.25, -0.2) is 9.97 Å². The van der Waals surface area contributed by atoms with Crippen LogP contribution in [0.5, 0.6) is 0 Å². The maximum absolute atomic E-state index is 12.8. The molecule has 1 N–H and O–H groups in total. The number of nitrogens with one attached hydrogen (secondary N) is 1. The lowest BCUT2D eigenvalue weighted by Crippen LogP contribution is -2.39. The minimum Gasteiger partial charge on any atom is -0.356 e. The van der Waals surface area contributed by atoms with Gasteiger partial charge in [0.25, 0.3) is 0 Å². The molecule has 1 fully saturated rings. The molecule has 0 spiro atoms. The number of anilines is 1. The van der Waals surface area contributed by atoms with Crippen LogP contribution in [-0.2, 0) is 0 Å². The largest absolute Gasteiger partial charge is 0.411 e. The molecule has 0 unspecified atom stereocenters. The highest BCUT2D eigenvalue weighted by atomic mass is 35.5. The van der Waals surface area contributed by atoms with Crippen molar-refractivity contribution in [3.05, 3.63) is 17.0 Å². The molecule has 0 bridgehead atoms. The van der Waals surface area contributed by atoms with Crippen molar-refractivity contribution in [3.8, 4) is 0 Å². The van der Waals surface area contributed by atoms with Crippen molar-refractivity contribution in [2.45, 2.75) is 44.3 Å². The molecule has 1 saturated carbocycles. The summed E-state index contributed by atoms with van der Waals surface area (Å²) in [5.41, 5.74) is -1.83. The standard InChI is InChI=1S/C11H13ClF3N3/c1-6(2)9-16-7(12)5-8(17-9)18-10(3-4-10)11(13,14)15/h5-6H,3-4H2,1-2H3,(H,16,17,18). The first kappa shape index (κ1) is 13.4. The van der Waals surface area contributed by atoms with E-state index in [4.69, 9.17) is 11.6 Å². The highest BCUT2D eigenvalue weighted by Crippen LogP contribution is 2.51. The number of hydrogen-bond acceptors (Lipinski definition) is 3.